The average Bonchev–Trinajstić information content (AvgIpc) is 3.16. The van der Waals surface area contributed by atoms with E-state index >= 15 is 0 Å². The van der Waals surface area contributed by atoms with Crippen molar-refractivity contribution in [3.63, 3.8) is 0 Å². The second kappa shape index (κ2) is 10.9. The summed E-state index contributed by atoms with van der Waals surface area (Å²) in [4.78, 5) is 26.9. The monoisotopic (exact) mass is 515 g/mol. The van der Waals surface area contributed by atoms with Crippen LogP contribution in [-0.4, -0.2) is 29.2 Å². The summed E-state index contributed by atoms with van der Waals surface area (Å²) in [5.41, 5.74) is 1.83. The maximum Gasteiger partial charge on any atom is 0.293 e. The van der Waals surface area contributed by atoms with Gasteiger partial charge in [0.2, 0.25) is 0 Å². The highest BCUT2D eigenvalue weighted by Crippen LogP contribution is 2.32. The Labute approximate surface area is 218 Å². The van der Waals surface area contributed by atoms with E-state index in [4.69, 9.17) is 21.1 Å². The van der Waals surface area contributed by atoms with Crippen molar-refractivity contribution in [2.45, 2.75) is 6.61 Å². The summed E-state index contributed by atoms with van der Waals surface area (Å²) < 4.78 is 11.7. The third-order valence-corrected chi connectivity index (χ3v) is 6.85. The highest BCUT2D eigenvalue weighted by atomic mass is 35.5. The molecule has 0 unspecified atom stereocenters. The first-order valence-electron chi connectivity index (χ1n) is 11.4. The molecular formula is C29H22ClNO4S. The summed E-state index contributed by atoms with van der Waals surface area (Å²) in [6.45, 7) is 0.831. The Balaban J connectivity index is 1.17. The van der Waals surface area contributed by atoms with Crippen molar-refractivity contribution in [3.8, 4) is 11.5 Å². The largest absolute Gasteiger partial charge is 0.491 e. The minimum Gasteiger partial charge on any atom is -0.491 e. The molecule has 180 valence electrons. The van der Waals surface area contributed by atoms with Crippen LogP contribution in [0.15, 0.2) is 95.9 Å². The molecule has 0 aromatic heterocycles. The van der Waals surface area contributed by atoms with Crippen molar-refractivity contribution in [2.24, 2.45) is 0 Å². The van der Waals surface area contributed by atoms with Crippen LogP contribution in [-0.2, 0) is 11.4 Å². The molecule has 0 spiro atoms. The number of nitrogens with zero attached hydrogens (tertiary/aromatic N) is 1. The maximum absolute atomic E-state index is 12.9. The fourth-order valence-electron chi connectivity index (χ4n) is 3.82. The maximum atomic E-state index is 12.9. The Morgan fingerprint density at radius 3 is 2.39 bits per heavy atom. The van der Waals surface area contributed by atoms with Crippen molar-refractivity contribution < 1.29 is 19.1 Å². The van der Waals surface area contributed by atoms with Gasteiger partial charge in [0.25, 0.3) is 11.1 Å². The minimum absolute atomic E-state index is 0.183. The first-order valence-corrected chi connectivity index (χ1v) is 12.6. The highest BCUT2D eigenvalue weighted by Gasteiger charge is 2.34. The van der Waals surface area contributed by atoms with Crippen molar-refractivity contribution in [2.75, 3.05) is 13.2 Å². The summed E-state index contributed by atoms with van der Waals surface area (Å²) in [6, 6.07) is 28.6. The van der Waals surface area contributed by atoms with Crippen molar-refractivity contribution >= 4 is 51.4 Å². The number of halogens is 1. The molecule has 0 atom stereocenters. The molecule has 0 saturated carbocycles. The van der Waals surface area contributed by atoms with E-state index in [0.29, 0.717) is 22.3 Å². The molecule has 0 bridgehead atoms. The van der Waals surface area contributed by atoms with Gasteiger partial charge in [-0.15, -0.1) is 0 Å². The van der Waals surface area contributed by atoms with Crippen LogP contribution in [0.5, 0.6) is 11.5 Å². The van der Waals surface area contributed by atoms with E-state index in [2.05, 4.69) is 0 Å². The molecule has 4 aromatic carbocycles. The topological polar surface area (TPSA) is 55.8 Å². The van der Waals surface area contributed by atoms with Crippen LogP contribution < -0.4 is 9.47 Å². The lowest BCUT2D eigenvalue weighted by molar-refractivity contribution is -0.123. The second-order valence-electron chi connectivity index (χ2n) is 8.14. The zero-order valence-electron chi connectivity index (χ0n) is 19.2. The number of fused-ring (bicyclic) bond motifs is 1. The van der Waals surface area contributed by atoms with Crippen LogP contribution in [0.25, 0.3) is 16.8 Å². The molecule has 1 heterocycles. The molecule has 1 fully saturated rings. The van der Waals surface area contributed by atoms with Crippen molar-refractivity contribution in [1.29, 1.82) is 0 Å². The van der Waals surface area contributed by atoms with Gasteiger partial charge in [-0.2, -0.15) is 0 Å². The van der Waals surface area contributed by atoms with Crippen LogP contribution >= 0.6 is 23.4 Å². The number of amides is 2. The van der Waals surface area contributed by atoms with E-state index in [9.17, 15) is 9.59 Å². The van der Waals surface area contributed by atoms with Gasteiger partial charge in [-0.1, -0.05) is 72.3 Å². The van der Waals surface area contributed by atoms with Crippen LogP contribution in [0.2, 0.25) is 5.02 Å². The number of hydrogen-bond donors (Lipinski definition) is 0. The van der Waals surface area contributed by atoms with Gasteiger partial charge in [0.1, 0.15) is 24.7 Å². The van der Waals surface area contributed by atoms with Gasteiger partial charge in [-0.25, -0.2) is 0 Å². The summed E-state index contributed by atoms with van der Waals surface area (Å²) in [6.07, 6.45) is 1.72. The molecule has 2 amide bonds. The Hall–Kier alpha value is -3.74. The lowest BCUT2D eigenvalue weighted by atomic mass is 10.1. The third kappa shape index (κ3) is 5.56. The van der Waals surface area contributed by atoms with Gasteiger partial charge in [-0.05, 0) is 64.7 Å². The first-order chi connectivity index (χ1) is 17.6. The quantitative estimate of drug-likeness (QED) is 0.232. The summed E-state index contributed by atoms with van der Waals surface area (Å²) >= 11 is 6.85. The molecular weight excluding hydrogens is 494 g/mol. The fourth-order valence-corrected chi connectivity index (χ4v) is 4.81. The van der Waals surface area contributed by atoms with E-state index in [0.717, 1.165) is 39.4 Å². The molecule has 0 radical (unpaired) electrons. The molecule has 1 aliphatic heterocycles. The van der Waals surface area contributed by atoms with E-state index in [-0.39, 0.29) is 24.3 Å². The number of ether oxygens (including phenoxy) is 2. The van der Waals surface area contributed by atoms with Gasteiger partial charge < -0.3 is 9.47 Å². The SMILES string of the molecule is O=C1S/C(=C\c2ccc(OCc3ccc(Cl)cc3)cc2)C(=O)N1CCOc1cccc2ccccc12. The van der Waals surface area contributed by atoms with Gasteiger partial charge >= 0.3 is 0 Å². The van der Waals surface area contributed by atoms with Crippen molar-refractivity contribution in [1.82, 2.24) is 4.90 Å². The van der Waals surface area contributed by atoms with E-state index in [1.165, 1.54) is 4.90 Å². The standard InChI is InChI=1S/C29H22ClNO4S/c30-23-12-8-21(9-13-23)19-35-24-14-10-20(11-15-24)18-27-28(32)31(29(33)36-27)16-17-34-26-7-3-5-22-4-1-2-6-25(22)26/h1-15,18H,16-17,19H2/b27-18-. The molecule has 5 nitrogen and oxygen atoms in total. The molecule has 0 N–H and O–H groups in total. The Morgan fingerprint density at radius 2 is 1.58 bits per heavy atom. The van der Waals surface area contributed by atoms with Gasteiger partial charge in [0, 0.05) is 10.4 Å². The predicted octanol–water partition coefficient (Wildman–Crippen LogP) is 7.19. The number of thioether (sulfide) groups is 1. The molecule has 4 aromatic rings. The number of imide groups is 1. The van der Waals surface area contributed by atoms with Gasteiger partial charge in [-0.3, -0.25) is 14.5 Å². The number of carbonyl (C=O) groups excluding carboxylic acids is 2. The molecule has 1 saturated heterocycles. The van der Waals surface area contributed by atoms with E-state index in [1.807, 2.05) is 91.0 Å². The fraction of sp³-hybridized carbons (Fsp3) is 0.103. The minimum atomic E-state index is -0.311. The highest BCUT2D eigenvalue weighted by molar-refractivity contribution is 8.18. The normalized spacial score (nSPS) is 14.6. The number of rotatable bonds is 8. The average molecular weight is 516 g/mol. The Morgan fingerprint density at radius 1 is 0.833 bits per heavy atom. The molecule has 5 rings (SSSR count). The molecule has 7 heteroatoms. The number of benzene rings is 4. The summed E-state index contributed by atoms with van der Waals surface area (Å²) in [5.74, 6) is 1.13. The lowest BCUT2D eigenvalue weighted by Crippen LogP contribution is -2.32. The van der Waals surface area contributed by atoms with Crippen LogP contribution in [0.1, 0.15) is 11.1 Å². The van der Waals surface area contributed by atoms with Crippen molar-refractivity contribution in [3.05, 3.63) is 112 Å². The smallest absolute Gasteiger partial charge is 0.293 e. The van der Waals surface area contributed by atoms with Crippen LogP contribution in [0.3, 0.4) is 0 Å². The number of carbonyl (C=O) groups is 2. The van der Waals surface area contributed by atoms with Gasteiger partial charge in [0.05, 0.1) is 11.4 Å². The zero-order chi connectivity index (χ0) is 24.9. The Bertz CT molecular complexity index is 1430. The molecule has 36 heavy (non-hydrogen) atoms. The predicted molar refractivity (Wildman–Crippen MR) is 144 cm³/mol. The lowest BCUT2D eigenvalue weighted by Gasteiger charge is -2.14. The second-order valence-corrected chi connectivity index (χ2v) is 9.57. The van der Waals surface area contributed by atoms with Crippen LogP contribution in [0, 0.1) is 0 Å². The van der Waals surface area contributed by atoms with E-state index in [1.54, 1.807) is 6.08 Å². The van der Waals surface area contributed by atoms with Gasteiger partial charge in [0.15, 0.2) is 0 Å². The number of hydrogen-bond acceptors (Lipinski definition) is 5. The zero-order valence-corrected chi connectivity index (χ0v) is 20.8. The Kier molecular flexibility index (Phi) is 7.26. The summed E-state index contributed by atoms with van der Waals surface area (Å²) in [7, 11) is 0. The van der Waals surface area contributed by atoms with Crippen LogP contribution in [0.4, 0.5) is 4.79 Å². The first kappa shape index (κ1) is 24.0. The molecule has 1 aliphatic rings. The summed E-state index contributed by atoms with van der Waals surface area (Å²) in [5, 5.41) is 2.46. The molecule has 0 aliphatic carbocycles. The van der Waals surface area contributed by atoms with E-state index < -0.39 is 0 Å². The third-order valence-electron chi connectivity index (χ3n) is 5.69.